The molecule has 7 heteroatoms. The van der Waals surface area contributed by atoms with E-state index in [9.17, 15) is 0 Å². The van der Waals surface area contributed by atoms with E-state index in [-0.39, 0.29) is 26.0 Å². The standard InChI is InChI=1S/C27H21N2.C25H29GeN2O.Ir/c1-19-17-23(18-24(20(19)2)21-11-5-3-6-12-21)29-26-16-10-9-15-25(26)28-27(29)22-13-7-4-8-14-22;1-15(2)17(4)21-13-23(27-14-22(21)26(5,6)7)20-10-8-9-18-19-12-11-16(3)28-25(19)29-24(18)20;/h3-13,15-18H,1-2H3;8-9,11-15,17H,1-7H3;/q2*-1;/i;17D;. The molecule has 0 bridgehead atoms. The van der Waals surface area contributed by atoms with Gasteiger partial charge in [-0.3, -0.25) is 4.98 Å². The van der Waals surface area contributed by atoms with E-state index in [2.05, 4.69) is 146 Å². The van der Waals surface area contributed by atoms with E-state index >= 15 is 0 Å². The fourth-order valence-electron chi connectivity index (χ4n) is 7.62. The summed E-state index contributed by atoms with van der Waals surface area (Å²) in [6, 6.07) is 48.2. The maximum atomic E-state index is 9.13. The van der Waals surface area contributed by atoms with Gasteiger partial charge in [0.05, 0.1) is 16.9 Å². The van der Waals surface area contributed by atoms with Crippen LogP contribution in [0.25, 0.3) is 72.6 Å². The summed E-state index contributed by atoms with van der Waals surface area (Å²) >= 11 is -2.22. The van der Waals surface area contributed by atoms with E-state index in [1.165, 1.54) is 26.6 Å². The molecule has 0 fully saturated rings. The first-order valence-corrected chi connectivity index (χ1v) is 27.4. The molecule has 0 spiro atoms. The first-order valence-electron chi connectivity index (χ1n) is 20.6. The molecule has 0 N–H and O–H groups in total. The Bertz CT molecular complexity index is 2970. The predicted octanol–water partition coefficient (Wildman–Crippen LogP) is 13.2. The van der Waals surface area contributed by atoms with Crippen LogP contribution in [0.1, 0.15) is 50.4 Å². The molecular formula is C52H50GeIrN4O-2. The minimum atomic E-state index is -2.22. The zero-order valence-electron chi connectivity index (χ0n) is 36.2. The van der Waals surface area contributed by atoms with Crippen molar-refractivity contribution < 1.29 is 25.9 Å². The van der Waals surface area contributed by atoms with Crippen molar-refractivity contribution >= 4 is 50.8 Å². The largest absolute Gasteiger partial charge is 0 e. The quantitative estimate of drug-likeness (QED) is 0.118. The Morgan fingerprint density at radius 2 is 1.51 bits per heavy atom. The van der Waals surface area contributed by atoms with Crippen molar-refractivity contribution in [2.24, 2.45) is 5.92 Å². The molecule has 1 atom stereocenters. The molecule has 9 rings (SSSR count). The maximum absolute atomic E-state index is 9.13. The van der Waals surface area contributed by atoms with E-state index in [4.69, 9.17) is 15.8 Å². The van der Waals surface area contributed by atoms with Gasteiger partial charge in [-0.1, -0.05) is 42.5 Å². The van der Waals surface area contributed by atoms with Crippen molar-refractivity contribution in [1.29, 1.82) is 0 Å². The van der Waals surface area contributed by atoms with Crippen LogP contribution in [-0.4, -0.2) is 32.8 Å². The van der Waals surface area contributed by atoms with Crippen LogP contribution < -0.4 is 4.40 Å². The average molecular weight is 1010 g/mol. The van der Waals surface area contributed by atoms with Crippen LogP contribution in [0.2, 0.25) is 17.3 Å². The minimum absolute atomic E-state index is 0. The summed E-state index contributed by atoms with van der Waals surface area (Å²) < 4.78 is 18.8. The van der Waals surface area contributed by atoms with Gasteiger partial charge in [-0.05, 0) is 60.4 Å². The fourth-order valence-corrected chi connectivity index (χ4v) is 10.8. The van der Waals surface area contributed by atoms with E-state index in [1.807, 2.05) is 62.5 Å². The van der Waals surface area contributed by atoms with Gasteiger partial charge in [-0.25, -0.2) is 0 Å². The number of nitrogens with zero attached hydrogens (tertiary/aromatic N) is 4. The zero-order chi connectivity index (χ0) is 41.6. The summed E-state index contributed by atoms with van der Waals surface area (Å²) in [7, 11) is 0. The number of furan rings is 1. The molecule has 0 aliphatic heterocycles. The second-order valence-corrected chi connectivity index (χ2v) is 27.1. The van der Waals surface area contributed by atoms with Gasteiger partial charge in [0, 0.05) is 25.8 Å². The number of hydrogen-bond donors (Lipinski definition) is 0. The number of aromatic nitrogens is 4. The second kappa shape index (κ2) is 17.2. The number of pyridine rings is 2. The Hall–Kier alpha value is -5.14. The summed E-state index contributed by atoms with van der Waals surface area (Å²) in [5, 5.41) is 2.02. The molecule has 1 unspecified atom stereocenters. The maximum Gasteiger partial charge on any atom is 0 e. The topological polar surface area (TPSA) is 56.7 Å². The van der Waals surface area contributed by atoms with E-state index in [0.29, 0.717) is 5.71 Å². The Morgan fingerprint density at radius 3 is 2.24 bits per heavy atom. The van der Waals surface area contributed by atoms with Crippen molar-refractivity contribution in [2.75, 3.05) is 0 Å². The van der Waals surface area contributed by atoms with Gasteiger partial charge in [0.15, 0.2) is 0 Å². The molecule has 1 radical (unpaired) electrons. The monoisotopic (exact) mass is 1010 g/mol. The molecule has 9 aromatic rings. The smallest absolute Gasteiger partial charge is 0 e. The molecule has 0 saturated carbocycles. The van der Waals surface area contributed by atoms with Gasteiger partial charge in [-0.15, -0.1) is 35.9 Å². The first-order chi connectivity index (χ1) is 28.2. The number of para-hydroxylation sites is 2. The molecule has 0 saturated heterocycles. The van der Waals surface area contributed by atoms with Crippen LogP contribution in [-0.2, 0) is 20.1 Å². The zero-order valence-corrected chi connectivity index (χ0v) is 39.7. The fraction of sp³-hybridized carbons (Fsp3) is 0.212. The predicted molar refractivity (Wildman–Crippen MR) is 245 cm³/mol. The Morgan fingerprint density at radius 1 is 0.763 bits per heavy atom. The van der Waals surface area contributed by atoms with Crippen LogP contribution in [0.3, 0.4) is 0 Å². The number of imidazole rings is 1. The van der Waals surface area contributed by atoms with Crippen LogP contribution >= 0.6 is 0 Å². The van der Waals surface area contributed by atoms with Gasteiger partial charge >= 0.3 is 177 Å². The third kappa shape index (κ3) is 8.36. The number of benzene rings is 5. The molecule has 4 aromatic heterocycles. The van der Waals surface area contributed by atoms with Crippen LogP contribution in [0, 0.1) is 38.8 Å². The third-order valence-corrected chi connectivity index (χ3v) is 15.4. The van der Waals surface area contributed by atoms with Crippen molar-refractivity contribution in [1.82, 2.24) is 19.5 Å². The molecule has 4 heterocycles. The number of hydrogen-bond acceptors (Lipinski definition) is 4. The first kappa shape index (κ1) is 40.6. The Kier molecular flexibility index (Phi) is 11.9. The minimum Gasteiger partial charge on any atom is 0 e. The van der Waals surface area contributed by atoms with E-state index in [1.54, 1.807) is 0 Å². The van der Waals surface area contributed by atoms with Gasteiger partial charge < -0.3 is 4.57 Å². The summed E-state index contributed by atoms with van der Waals surface area (Å²) in [5.74, 6) is 7.49. The number of fused-ring (bicyclic) bond motifs is 4. The molecule has 5 aromatic carbocycles. The number of aryl methyl sites for hydroxylation is 2. The van der Waals surface area contributed by atoms with Crippen LogP contribution in [0.4, 0.5) is 0 Å². The molecule has 59 heavy (non-hydrogen) atoms. The van der Waals surface area contributed by atoms with Crippen molar-refractivity contribution in [3.05, 3.63) is 162 Å². The average Bonchev–Trinajstić information content (AvgIpc) is 3.80. The molecule has 0 aliphatic rings. The van der Waals surface area contributed by atoms with Gasteiger partial charge in [0.1, 0.15) is 0 Å². The van der Waals surface area contributed by atoms with Crippen LogP contribution in [0.15, 0.2) is 132 Å². The molecule has 299 valence electrons. The Balaban J connectivity index is 0.000000179. The molecule has 0 amide bonds. The van der Waals surface area contributed by atoms with E-state index in [0.717, 1.165) is 67.0 Å². The molecular weight excluding hydrogens is 961 g/mol. The molecule has 0 aliphatic carbocycles. The normalized spacial score (nSPS) is 12.9. The van der Waals surface area contributed by atoms with Gasteiger partial charge in [0.25, 0.3) is 0 Å². The summed E-state index contributed by atoms with van der Waals surface area (Å²) in [6.45, 7) is 12.6. The van der Waals surface area contributed by atoms with Crippen molar-refractivity contribution in [3.8, 4) is 39.5 Å². The van der Waals surface area contributed by atoms with Gasteiger partial charge in [0.2, 0.25) is 0 Å². The summed E-state index contributed by atoms with van der Waals surface area (Å²) in [6.07, 6.45) is 2.01. The second-order valence-electron chi connectivity index (χ2n) is 16.5. The van der Waals surface area contributed by atoms with Gasteiger partial charge in [-0.2, -0.15) is 0 Å². The molecule has 5 nitrogen and oxygen atoms in total. The van der Waals surface area contributed by atoms with Crippen molar-refractivity contribution in [3.63, 3.8) is 0 Å². The third-order valence-electron chi connectivity index (χ3n) is 11.2. The SMILES string of the molecule is Cc1cc(-n2c(-c3[c-]cccc3)nc3ccccc32)cc(-c2ccccc2)c1C.[2H]C(C)(c1cc(-c2[c-]ccc3c2oc2nc(C)ccc23)nc[c]1[Ge]([CH3])([CH3])[CH3])C(C)C.[Ir]. The Labute approximate surface area is 366 Å². The van der Waals surface area contributed by atoms with E-state index < -0.39 is 19.2 Å². The van der Waals surface area contributed by atoms with Crippen LogP contribution in [0.5, 0.6) is 0 Å². The summed E-state index contributed by atoms with van der Waals surface area (Å²) in [5.41, 5.74) is 14.3. The number of rotatable bonds is 7. The summed E-state index contributed by atoms with van der Waals surface area (Å²) in [4.78, 5) is 14.3. The van der Waals surface area contributed by atoms with Crippen molar-refractivity contribution in [2.45, 2.75) is 64.7 Å².